The van der Waals surface area contributed by atoms with Crippen LogP contribution in [0.4, 0.5) is 8.78 Å². The molecule has 0 atom stereocenters. The number of ketones is 1. The Labute approximate surface area is 155 Å². The second-order valence-corrected chi connectivity index (χ2v) is 6.39. The molecule has 2 aromatic rings. The number of nitrogens with zero attached hydrogens (tertiary/aromatic N) is 1. The maximum Gasteiger partial charge on any atom is 0.387 e. The first-order chi connectivity index (χ1) is 12.9. The summed E-state index contributed by atoms with van der Waals surface area (Å²) in [6.07, 6.45) is 3.31. The number of hydrogen-bond acceptors (Lipinski definition) is 4. The molecule has 0 spiro atoms. The predicted octanol–water partition coefficient (Wildman–Crippen LogP) is 3.63. The van der Waals surface area contributed by atoms with E-state index in [-0.39, 0.29) is 29.2 Å². The third-order valence-electron chi connectivity index (χ3n) is 4.37. The van der Waals surface area contributed by atoms with Gasteiger partial charge in [0.25, 0.3) is 5.91 Å². The lowest BCUT2D eigenvalue weighted by molar-refractivity contribution is -0.0512. The summed E-state index contributed by atoms with van der Waals surface area (Å²) < 4.78 is 34.4. The number of methoxy groups -OCH3 is 1. The summed E-state index contributed by atoms with van der Waals surface area (Å²) in [6.45, 7) is -1.22. The Bertz CT molecular complexity index is 846. The van der Waals surface area contributed by atoms with E-state index in [0.717, 1.165) is 18.4 Å². The van der Waals surface area contributed by atoms with Gasteiger partial charge in [0.2, 0.25) is 0 Å². The van der Waals surface area contributed by atoms with Gasteiger partial charge in [-0.1, -0.05) is 6.07 Å². The van der Waals surface area contributed by atoms with Gasteiger partial charge in [-0.3, -0.25) is 9.59 Å². The van der Waals surface area contributed by atoms with Crippen LogP contribution in [-0.4, -0.2) is 41.3 Å². The molecular weight excluding hydrogens is 358 g/mol. The van der Waals surface area contributed by atoms with Crippen molar-refractivity contribution in [3.8, 4) is 11.5 Å². The first kappa shape index (κ1) is 18.9. The van der Waals surface area contributed by atoms with Crippen LogP contribution in [-0.2, 0) is 6.54 Å². The van der Waals surface area contributed by atoms with Gasteiger partial charge in [0.1, 0.15) is 5.69 Å². The van der Waals surface area contributed by atoms with E-state index in [4.69, 9.17) is 4.74 Å². The number of aromatic amines is 1. The van der Waals surface area contributed by atoms with Crippen molar-refractivity contribution in [3.63, 3.8) is 0 Å². The van der Waals surface area contributed by atoms with E-state index in [0.29, 0.717) is 17.8 Å². The number of alkyl halides is 2. The summed E-state index contributed by atoms with van der Waals surface area (Å²) in [6, 6.07) is 6.26. The van der Waals surface area contributed by atoms with Gasteiger partial charge in [0, 0.05) is 24.3 Å². The zero-order valence-electron chi connectivity index (χ0n) is 15.0. The lowest BCUT2D eigenvalue weighted by Gasteiger charge is -2.22. The number of H-pyrrole nitrogens is 1. The van der Waals surface area contributed by atoms with Crippen LogP contribution in [0.1, 0.15) is 46.2 Å². The van der Waals surface area contributed by atoms with Gasteiger partial charge in [-0.05, 0) is 43.5 Å². The number of halogens is 2. The molecule has 0 radical (unpaired) electrons. The van der Waals surface area contributed by atoms with Crippen LogP contribution in [0.25, 0.3) is 0 Å². The number of carbonyl (C=O) groups is 2. The number of hydrogen-bond donors (Lipinski definition) is 1. The Morgan fingerprint density at radius 2 is 2.00 bits per heavy atom. The quantitative estimate of drug-likeness (QED) is 0.712. The van der Waals surface area contributed by atoms with Crippen molar-refractivity contribution in [2.75, 3.05) is 7.11 Å². The van der Waals surface area contributed by atoms with Crippen molar-refractivity contribution in [2.24, 2.45) is 0 Å². The summed E-state index contributed by atoms with van der Waals surface area (Å²) in [7, 11) is 1.36. The minimum atomic E-state index is -2.95. The minimum Gasteiger partial charge on any atom is -0.493 e. The normalized spacial score (nSPS) is 13.5. The number of aromatic nitrogens is 1. The maximum absolute atomic E-state index is 12.9. The first-order valence-corrected chi connectivity index (χ1v) is 8.51. The Morgan fingerprint density at radius 1 is 1.26 bits per heavy atom. The minimum absolute atomic E-state index is 0.0592. The van der Waals surface area contributed by atoms with E-state index in [1.54, 1.807) is 23.1 Å². The van der Waals surface area contributed by atoms with E-state index >= 15 is 0 Å². The molecule has 144 valence electrons. The average molecular weight is 378 g/mol. The van der Waals surface area contributed by atoms with E-state index in [1.165, 1.54) is 26.3 Å². The third-order valence-corrected chi connectivity index (χ3v) is 4.37. The molecule has 0 bridgehead atoms. The lowest BCUT2D eigenvalue weighted by atomic mass is 10.1. The molecular formula is C19H20F2N2O4. The summed E-state index contributed by atoms with van der Waals surface area (Å²) in [4.78, 5) is 28.9. The molecule has 1 amide bonds. The van der Waals surface area contributed by atoms with Crippen molar-refractivity contribution in [1.29, 1.82) is 0 Å². The Kier molecular flexibility index (Phi) is 5.43. The van der Waals surface area contributed by atoms with Gasteiger partial charge in [0.15, 0.2) is 17.3 Å². The van der Waals surface area contributed by atoms with E-state index in [9.17, 15) is 18.4 Å². The zero-order chi connectivity index (χ0) is 19.6. The summed E-state index contributed by atoms with van der Waals surface area (Å²) in [5.74, 6) is -0.217. The molecule has 1 aromatic heterocycles. The Morgan fingerprint density at radius 3 is 2.56 bits per heavy atom. The summed E-state index contributed by atoms with van der Waals surface area (Å²) >= 11 is 0. The number of amides is 1. The smallest absolute Gasteiger partial charge is 0.387 e. The molecule has 1 heterocycles. The van der Waals surface area contributed by atoms with Gasteiger partial charge in [-0.25, -0.2) is 0 Å². The number of carbonyl (C=O) groups excluding carboxylic acids is 2. The van der Waals surface area contributed by atoms with Gasteiger partial charge < -0.3 is 19.4 Å². The van der Waals surface area contributed by atoms with Crippen molar-refractivity contribution >= 4 is 11.7 Å². The molecule has 1 aliphatic rings. The standard InChI is InChI=1S/C19H20F2N2O4/c1-11(24)13-8-15(22-9-13)18(25)23(14-4-5-14)10-12-3-6-16(27-19(20)21)17(7-12)26-2/h3,6-9,14,19,22H,4-5,10H2,1-2H3. The van der Waals surface area contributed by atoms with Crippen molar-refractivity contribution < 1.29 is 27.8 Å². The highest BCUT2D eigenvalue weighted by atomic mass is 19.3. The first-order valence-electron chi connectivity index (χ1n) is 8.51. The van der Waals surface area contributed by atoms with Crippen LogP contribution in [0.2, 0.25) is 0 Å². The van der Waals surface area contributed by atoms with Gasteiger partial charge >= 0.3 is 6.61 Å². The molecule has 1 saturated carbocycles. The molecule has 27 heavy (non-hydrogen) atoms. The number of Topliss-reactive ketones (excluding diaryl/α,β-unsaturated/α-hetero) is 1. The second-order valence-electron chi connectivity index (χ2n) is 6.39. The molecule has 0 aliphatic heterocycles. The van der Waals surface area contributed by atoms with Gasteiger partial charge in [0.05, 0.1) is 7.11 Å². The number of nitrogens with one attached hydrogen (secondary N) is 1. The second kappa shape index (κ2) is 7.77. The fourth-order valence-electron chi connectivity index (χ4n) is 2.83. The van der Waals surface area contributed by atoms with E-state index in [1.807, 2.05) is 0 Å². The highest BCUT2D eigenvalue weighted by Gasteiger charge is 2.34. The number of ether oxygens (including phenoxy) is 2. The molecule has 0 saturated heterocycles. The molecule has 1 N–H and O–H groups in total. The van der Waals surface area contributed by atoms with Gasteiger partial charge in [-0.15, -0.1) is 0 Å². The van der Waals surface area contributed by atoms with Crippen molar-refractivity contribution in [3.05, 3.63) is 47.3 Å². The maximum atomic E-state index is 12.9. The highest BCUT2D eigenvalue weighted by Crippen LogP contribution is 2.33. The fraction of sp³-hybridized carbons (Fsp3) is 0.368. The number of rotatable bonds is 8. The molecule has 3 rings (SSSR count). The van der Waals surface area contributed by atoms with Crippen molar-refractivity contribution in [2.45, 2.75) is 39.0 Å². The molecule has 6 nitrogen and oxygen atoms in total. The molecule has 8 heteroatoms. The van der Waals surface area contributed by atoms with Crippen LogP contribution in [0, 0.1) is 0 Å². The van der Waals surface area contributed by atoms with Crippen LogP contribution in [0.3, 0.4) is 0 Å². The summed E-state index contributed by atoms with van der Waals surface area (Å²) in [5, 5.41) is 0. The zero-order valence-corrected chi connectivity index (χ0v) is 15.0. The monoisotopic (exact) mass is 378 g/mol. The number of benzene rings is 1. The van der Waals surface area contributed by atoms with Crippen molar-refractivity contribution in [1.82, 2.24) is 9.88 Å². The third kappa shape index (κ3) is 4.45. The fourth-order valence-corrected chi connectivity index (χ4v) is 2.83. The van der Waals surface area contributed by atoms with E-state index in [2.05, 4.69) is 9.72 Å². The Hall–Kier alpha value is -2.90. The lowest BCUT2D eigenvalue weighted by Crippen LogP contribution is -2.32. The molecule has 1 fully saturated rings. The predicted molar refractivity (Wildman–Crippen MR) is 93.3 cm³/mol. The molecule has 0 unspecified atom stereocenters. The highest BCUT2D eigenvalue weighted by molar-refractivity contribution is 5.99. The molecule has 1 aromatic carbocycles. The van der Waals surface area contributed by atoms with Crippen LogP contribution in [0.15, 0.2) is 30.5 Å². The van der Waals surface area contributed by atoms with Crippen LogP contribution >= 0.6 is 0 Å². The topological polar surface area (TPSA) is 71.6 Å². The largest absolute Gasteiger partial charge is 0.493 e. The van der Waals surface area contributed by atoms with Crippen LogP contribution in [0.5, 0.6) is 11.5 Å². The SMILES string of the molecule is COc1cc(CN(C(=O)c2cc(C(C)=O)c[nH]2)C2CC2)ccc1OC(F)F. The average Bonchev–Trinajstić information content (AvgIpc) is 3.34. The Balaban J connectivity index is 1.80. The van der Waals surface area contributed by atoms with Gasteiger partial charge in [-0.2, -0.15) is 8.78 Å². The summed E-state index contributed by atoms with van der Waals surface area (Å²) in [5.41, 5.74) is 1.52. The van der Waals surface area contributed by atoms with Crippen LogP contribution < -0.4 is 9.47 Å². The molecule has 1 aliphatic carbocycles. The van der Waals surface area contributed by atoms with E-state index < -0.39 is 6.61 Å².